The molecule has 0 unspecified atom stereocenters. The number of nitrogen functional groups attached to an aromatic ring is 1. The van der Waals surface area contributed by atoms with Gasteiger partial charge in [0.2, 0.25) is 5.88 Å². The first-order valence-electron chi connectivity index (χ1n) is 7.16. The Labute approximate surface area is 134 Å². The van der Waals surface area contributed by atoms with Gasteiger partial charge in [-0.2, -0.15) is 4.98 Å². The van der Waals surface area contributed by atoms with Crippen LogP contribution in [0.3, 0.4) is 0 Å². The summed E-state index contributed by atoms with van der Waals surface area (Å²) in [5, 5.41) is 3.10. The van der Waals surface area contributed by atoms with E-state index in [-0.39, 0.29) is 0 Å². The zero-order valence-corrected chi connectivity index (χ0v) is 12.9. The Morgan fingerprint density at radius 1 is 1.09 bits per heavy atom. The summed E-state index contributed by atoms with van der Waals surface area (Å²) in [5.74, 6) is 1.48. The van der Waals surface area contributed by atoms with Gasteiger partial charge in [-0.3, -0.25) is 4.98 Å². The normalized spacial score (nSPS) is 10.3. The second kappa shape index (κ2) is 6.31. The number of anilines is 3. The lowest BCUT2D eigenvalue weighted by atomic mass is 10.1. The minimum atomic E-state index is 0.314. The van der Waals surface area contributed by atoms with E-state index >= 15 is 0 Å². The maximum Gasteiger partial charge on any atom is 0.248 e. The lowest BCUT2D eigenvalue weighted by Crippen LogP contribution is -2.03. The van der Waals surface area contributed by atoms with Crippen LogP contribution in [0.25, 0.3) is 0 Å². The van der Waals surface area contributed by atoms with E-state index in [4.69, 9.17) is 10.5 Å². The summed E-state index contributed by atoms with van der Waals surface area (Å²) in [6.07, 6.45) is 4.79. The molecule has 0 aliphatic heterocycles. The van der Waals surface area contributed by atoms with E-state index in [9.17, 15) is 0 Å². The van der Waals surface area contributed by atoms with Gasteiger partial charge in [0.15, 0.2) is 5.82 Å². The summed E-state index contributed by atoms with van der Waals surface area (Å²) in [7, 11) is 0. The molecule has 23 heavy (non-hydrogen) atoms. The zero-order chi connectivity index (χ0) is 16.2. The van der Waals surface area contributed by atoms with Crippen LogP contribution in [-0.4, -0.2) is 15.0 Å². The van der Waals surface area contributed by atoms with Crippen molar-refractivity contribution in [2.45, 2.75) is 13.8 Å². The number of rotatable bonds is 4. The molecule has 6 heteroatoms. The number of nitrogens with zero attached hydrogens (tertiary/aromatic N) is 3. The van der Waals surface area contributed by atoms with Crippen molar-refractivity contribution in [2.75, 3.05) is 11.1 Å². The quantitative estimate of drug-likeness (QED) is 0.766. The standard InChI is InChI=1S/C17H17N5O/c1-11-5-6-14(8-12(11)2)23-17-15(18)16(20-10-21-17)22-13-4-3-7-19-9-13/h3-10H,18H2,1-2H3,(H,20,21,22). The molecule has 0 saturated carbocycles. The number of aromatic nitrogens is 3. The Bertz CT molecular complexity index is 820. The first-order valence-corrected chi connectivity index (χ1v) is 7.16. The maximum atomic E-state index is 6.11. The average molecular weight is 307 g/mol. The van der Waals surface area contributed by atoms with E-state index in [1.54, 1.807) is 12.4 Å². The van der Waals surface area contributed by atoms with Crippen LogP contribution in [0.15, 0.2) is 49.1 Å². The van der Waals surface area contributed by atoms with Gasteiger partial charge in [-0.15, -0.1) is 0 Å². The molecule has 0 aliphatic rings. The van der Waals surface area contributed by atoms with E-state index in [1.807, 2.05) is 44.2 Å². The molecule has 2 aromatic heterocycles. The fraction of sp³-hybridized carbons (Fsp3) is 0.118. The predicted octanol–water partition coefficient (Wildman–Crippen LogP) is 3.61. The van der Waals surface area contributed by atoms with Gasteiger partial charge in [-0.05, 0) is 49.2 Å². The molecule has 3 aromatic rings. The average Bonchev–Trinajstić information content (AvgIpc) is 2.56. The number of aryl methyl sites for hydroxylation is 2. The molecule has 0 saturated heterocycles. The summed E-state index contributed by atoms with van der Waals surface area (Å²) in [5.41, 5.74) is 9.59. The number of benzene rings is 1. The molecule has 116 valence electrons. The van der Waals surface area contributed by atoms with Crippen LogP contribution in [0.1, 0.15) is 11.1 Å². The summed E-state index contributed by atoms with van der Waals surface area (Å²) in [6.45, 7) is 4.08. The summed E-state index contributed by atoms with van der Waals surface area (Å²) < 4.78 is 5.79. The van der Waals surface area contributed by atoms with Crippen LogP contribution in [-0.2, 0) is 0 Å². The van der Waals surface area contributed by atoms with Gasteiger partial charge < -0.3 is 15.8 Å². The topological polar surface area (TPSA) is 86.0 Å². The van der Waals surface area contributed by atoms with Gasteiger partial charge in [-0.1, -0.05) is 6.07 Å². The molecule has 0 radical (unpaired) electrons. The van der Waals surface area contributed by atoms with Crippen LogP contribution in [0.2, 0.25) is 0 Å². The van der Waals surface area contributed by atoms with Crippen molar-refractivity contribution in [3.8, 4) is 11.6 Å². The molecule has 3 rings (SSSR count). The first kappa shape index (κ1) is 14.8. The van der Waals surface area contributed by atoms with E-state index in [1.165, 1.54) is 11.9 Å². The molecular weight excluding hydrogens is 290 g/mol. The third-order valence-electron chi connectivity index (χ3n) is 3.46. The highest BCUT2D eigenvalue weighted by Crippen LogP contribution is 2.31. The van der Waals surface area contributed by atoms with Gasteiger partial charge in [0.1, 0.15) is 17.8 Å². The molecular formula is C17H17N5O. The first-order chi connectivity index (χ1) is 11.1. The Kier molecular flexibility index (Phi) is 4.05. The summed E-state index contributed by atoms with van der Waals surface area (Å²) in [6, 6.07) is 9.53. The van der Waals surface area contributed by atoms with Crippen molar-refractivity contribution < 1.29 is 4.74 Å². The second-order valence-corrected chi connectivity index (χ2v) is 5.16. The molecule has 0 aliphatic carbocycles. The lowest BCUT2D eigenvalue weighted by Gasteiger charge is -2.12. The molecule has 0 fully saturated rings. The third kappa shape index (κ3) is 3.37. The Morgan fingerprint density at radius 3 is 2.70 bits per heavy atom. The Balaban J connectivity index is 1.86. The molecule has 0 bridgehead atoms. The van der Waals surface area contributed by atoms with E-state index < -0.39 is 0 Å². The molecule has 1 aromatic carbocycles. The summed E-state index contributed by atoms with van der Waals surface area (Å²) in [4.78, 5) is 12.3. The van der Waals surface area contributed by atoms with Crippen LogP contribution in [0.4, 0.5) is 17.2 Å². The van der Waals surface area contributed by atoms with Gasteiger partial charge >= 0.3 is 0 Å². The molecule has 6 nitrogen and oxygen atoms in total. The number of hydrogen-bond donors (Lipinski definition) is 2. The number of nitrogens with two attached hydrogens (primary N) is 1. The van der Waals surface area contributed by atoms with Crippen molar-refractivity contribution in [3.63, 3.8) is 0 Å². The fourth-order valence-corrected chi connectivity index (χ4v) is 2.02. The van der Waals surface area contributed by atoms with Crippen molar-refractivity contribution in [1.29, 1.82) is 0 Å². The van der Waals surface area contributed by atoms with Gasteiger partial charge in [0, 0.05) is 6.20 Å². The monoisotopic (exact) mass is 307 g/mol. The Morgan fingerprint density at radius 2 is 1.96 bits per heavy atom. The Hall–Kier alpha value is -3.15. The fourth-order valence-electron chi connectivity index (χ4n) is 2.02. The second-order valence-electron chi connectivity index (χ2n) is 5.16. The number of pyridine rings is 1. The highest BCUT2D eigenvalue weighted by Gasteiger charge is 2.11. The van der Waals surface area contributed by atoms with Crippen molar-refractivity contribution in [3.05, 3.63) is 60.2 Å². The lowest BCUT2D eigenvalue weighted by molar-refractivity contribution is 0.464. The predicted molar refractivity (Wildman–Crippen MR) is 90.0 cm³/mol. The molecule has 2 heterocycles. The van der Waals surface area contributed by atoms with E-state index in [0.717, 1.165) is 11.3 Å². The largest absolute Gasteiger partial charge is 0.437 e. The van der Waals surface area contributed by atoms with Crippen molar-refractivity contribution in [1.82, 2.24) is 15.0 Å². The summed E-state index contributed by atoms with van der Waals surface area (Å²) >= 11 is 0. The molecule has 3 N–H and O–H groups in total. The van der Waals surface area contributed by atoms with Crippen LogP contribution in [0, 0.1) is 13.8 Å². The third-order valence-corrected chi connectivity index (χ3v) is 3.46. The van der Waals surface area contributed by atoms with Crippen molar-refractivity contribution in [2.24, 2.45) is 0 Å². The minimum absolute atomic E-state index is 0.314. The zero-order valence-electron chi connectivity index (χ0n) is 12.9. The molecule has 0 spiro atoms. The van der Waals surface area contributed by atoms with Gasteiger partial charge in [0.05, 0.1) is 11.9 Å². The number of ether oxygens (including phenoxy) is 1. The molecule has 0 atom stereocenters. The van der Waals surface area contributed by atoms with Crippen LogP contribution >= 0.6 is 0 Å². The number of nitrogens with one attached hydrogen (secondary N) is 1. The van der Waals surface area contributed by atoms with Crippen molar-refractivity contribution >= 4 is 17.2 Å². The highest BCUT2D eigenvalue weighted by atomic mass is 16.5. The van der Waals surface area contributed by atoms with E-state index in [2.05, 4.69) is 20.3 Å². The number of hydrogen-bond acceptors (Lipinski definition) is 6. The van der Waals surface area contributed by atoms with Gasteiger partial charge in [-0.25, -0.2) is 4.98 Å². The molecule has 0 amide bonds. The SMILES string of the molecule is Cc1ccc(Oc2ncnc(Nc3cccnc3)c2N)cc1C. The maximum absolute atomic E-state index is 6.11. The smallest absolute Gasteiger partial charge is 0.248 e. The van der Waals surface area contributed by atoms with Gasteiger partial charge in [0.25, 0.3) is 0 Å². The van der Waals surface area contributed by atoms with Crippen LogP contribution in [0.5, 0.6) is 11.6 Å². The minimum Gasteiger partial charge on any atom is -0.437 e. The highest BCUT2D eigenvalue weighted by molar-refractivity contribution is 5.72. The van der Waals surface area contributed by atoms with E-state index in [0.29, 0.717) is 23.1 Å². The van der Waals surface area contributed by atoms with Crippen LogP contribution < -0.4 is 15.8 Å².